The summed E-state index contributed by atoms with van der Waals surface area (Å²) < 4.78 is 5.46. The molecule has 0 radical (unpaired) electrons. The molecular formula is C22H30N4O3. The Labute approximate surface area is 172 Å². The second-order valence-corrected chi connectivity index (χ2v) is 8.38. The number of ether oxygens (including phenoxy) is 1. The minimum Gasteiger partial charge on any atom is -0.444 e. The van der Waals surface area contributed by atoms with E-state index in [2.05, 4.69) is 15.3 Å². The van der Waals surface area contributed by atoms with Crippen molar-refractivity contribution in [1.82, 2.24) is 14.9 Å². The van der Waals surface area contributed by atoms with Crippen LogP contribution in [-0.4, -0.2) is 51.3 Å². The normalized spacial score (nSPS) is 16.3. The average molecular weight is 399 g/mol. The Hall–Kier alpha value is -2.67. The Bertz CT molecular complexity index is 799. The summed E-state index contributed by atoms with van der Waals surface area (Å²) >= 11 is 0. The van der Waals surface area contributed by atoms with Gasteiger partial charge in [-0.1, -0.05) is 30.3 Å². The van der Waals surface area contributed by atoms with Gasteiger partial charge in [0.15, 0.2) is 0 Å². The molecule has 1 atom stereocenters. The van der Waals surface area contributed by atoms with Crippen molar-refractivity contribution in [2.45, 2.75) is 51.2 Å². The first-order valence-corrected chi connectivity index (χ1v) is 10.1. The Morgan fingerprint density at radius 1 is 1.24 bits per heavy atom. The van der Waals surface area contributed by atoms with Crippen LogP contribution in [0.3, 0.4) is 0 Å². The molecule has 1 aliphatic rings. The molecule has 1 saturated heterocycles. The first-order valence-electron chi connectivity index (χ1n) is 10.1. The van der Waals surface area contributed by atoms with Crippen molar-refractivity contribution in [3.63, 3.8) is 0 Å². The molecule has 0 spiro atoms. The van der Waals surface area contributed by atoms with Crippen LogP contribution < -0.4 is 5.32 Å². The average Bonchev–Trinajstić information content (AvgIpc) is 2.72. The number of nitrogens with one attached hydrogen (secondary N) is 1. The Morgan fingerprint density at radius 3 is 2.59 bits per heavy atom. The summed E-state index contributed by atoms with van der Waals surface area (Å²) in [6.07, 6.45) is 2.36. The second-order valence-electron chi connectivity index (χ2n) is 8.38. The first-order chi connectivity index (χ1) is 13.8. The van der Waals surface area contributed by atoms with Crippen LogP contribution in [0, 0.1) is 0 Å². The van der Waals surface area contributed by atoms with Crippen LogP contribution in [0.25, 0.3) is 0 Å². The Morgan fingerprint density at radius 2 is 1.93 bits per heavy atom. The Balaban J connectivity index is 1.53. The number of likely N-dealkylation sites (tertiary alicyclic amines) is 1. The SMILES string of the molecule is CC(C)(C)OC(=O)N1CCC(c2cc(NC[C@H](O)c3ccccc3)ncn2)CC1. The van der Waals surface area contributed by atoms with E-state index in [1.807, 2.05) is 57.2 Å². The number of amides is 1. The highest BCUT2D eigenvalue weighted by molar-refractivity contribution is 5.68. The summed E-state index contributed by atoms with van der Waals surface area (Å²) in [6.45, 7) is 7.31. The van der Waals surface area contributed by atoms with Gasteiger partial charge in [0.25, 0.3) is 0 Å². The molecule has 2 N–H and O–H groups in total. The molecule has 3 rings (SSSR count). The standard InChI is InChI=1S/C22H30N4O3/c1-22(2,3)29-21(28)26-11-9-16(10-12-26)18-13-20(25-15-24-18)23-14-19(27)17-7-5-4-6-8-17/h4-8,13,15-16,19,27H,9-12,14H2,1-3H3,(H,23,24,25)/t19-/m0/s1. The third-order valence-corrected chi connectivity index (χ3v) is 4.91. The fourth-order valence-electron chi connectivity index (χ4n) is 3.37. The number of hydrogen-bond acceptors (Lipinski definition) is 6. The highest BCUT2D eigenvalue weighted by Crippen LogP contribution is 2.28. The van der Waals surface area contributed by atoms with E-state index in [0.717, 1.165) is 24.1 Å². The van der Waals surface area contributed by atoms with Crippen LogP contribution in [0.2, 0.25) is 0 Å². The van der Waals surface area contributed by atoms with E-state index < -0.39 is 11.7 Å². The summed E-state index contributed by atoms with van der Waals surface area (Å²) in [7, 11) is 0. The molecule has 156 valence electrons. The molecule has 7 nitrogen and oxygen atoms in total. The summed E-state index contributed by atoms with van der Waals surface area (Å²) in [5.74, 6) is 0.968. The van der Waals surface area contributed by atoms with Crippen molar-refractivity contribution in [1.29, 1.82) is 0 Å². The van der Waals surface area contributed by atoms with Gasteiger partial charge in [-0.3, -0.25) is 0 Å². The molecule has 0 unspecified atom stereocenters. The number of benzene rings is 1. The van der Waals surface area contributed by atoms with E-state index in [9.17, 15) is 9.90 Å². The maximum Gasteiger partial charge on any atom is 0.410 e. The molecule has 2 aromatic rings. The lowest BCUT2D eigenvalue weighted by molar-refractivity contribution is 0.0204. The number of piperidine rings is 1. The third kappa shape index (κ3) is 6.15. The van der Waals surface area contributed by atoms with Gasteiger partial charge in [-0.2, -0.15) is 0 Å². The number of rotatable bonds is 5. The number of carbonyl (C=O) groups is 1. The van der Waals surface area contributed by atoms with Gasteiger partial charge >= 0.3 is 6.09 Å². The second kappa shape index (κ2) is 9.22. The molecule has 7 heteroatoms. The monoisotopic (exact) mass is 398 g/mol. The predicted octanol–water partition coefficient (Wildman–Crippen LogP) is 3.74. The van der Waals surface area contributed by atoms with Crippen LogP contribution in [0.15, 0.2) is 42.7 Å². The van der Waals surface area contributed by atoms with E-state index >= 15 is 0 Å². The zero-order chi connectivity index (χ0) is 20.9. The number of carbonyl (C=O) groups excluding carboxylic acids is 1. The van der Waals surface area contributed by atoms with Gasteiger partial charge in [0.1, 0.15) is 17.7 Å². The van der Waals surface area contributed by atoms with E-state index in [1.165, 1.54) is 0 Å². The number of aromatic nitrogens is 2. The smallest absolute Gasteiger partial charge is 0.410 e. The third-order valence-electron chi connectivity index (χ3n) is 4.91. The highest BCUT2D eigenvalue weighted by atomic mass is 16.6. The molecule has 29 heavy (non-hydrogen) atoms. The van der Waals surface area contributed by atoms with Crippen molar-refractivity contribution in [2.24, 2.45) is 0 Å². The van der Waals surface area contributed by atoms with Crippen molar-refractivity contribution in [3.05, 3.63) is 54.0 Å². The maximum absolute atomic E-state index is 12.2. The van der Waals surface area contributed by atoms with Crippen LogP contribution in [0.4, 0.5) is 10.6 Å². The molecule has 0 saturated carbocycles. The Kier molecular flexibility index (Phi) is 6.69. The van der Waals surface area contributed by atoms with Gasteiger partial charge in [0.05, 0.1) is 6.10 Å². The maximum atomic E-state index is 12.2. The lowest BCUT2D eigenvalue weighted by Gasteiger charge is -2.33. The largest absolute Gasteiger partial charge is 0.444 e. The number of aliphatic hydroxyl groups is 1. The van der Waals surface area contributed by atoms with Crippen LogP contribution in [0.1, 0.15) is 56.9 Å². The zero-order valence-corrected chi connectivity index (χ0v) is 17.3. The van der Waals surface area contributed by atoms with E-state index in [-0.39, 0.29) is 12.0 Å². The molecule has 1 aromatic carbocycles. The molecule has 0 aliphatic carbocycles. The number of nitrogens with zero attached hydrogens (tertiary/aromatic N) is 3. The summed E-state index contributed by atoms with van der Waals surface area (Å²) in [5, 5.41) is 13.5. The van der Waals surface area contributed by atoms with Gasteiger partial charge in [-0.15, -0.1) is 0 Å². The van der Waals surface area contributed by atoms with Gasteiger partial charge in [0.2, 0.25) is 0 Å². The minimum absolute atomic E-state index is 0.254. The molecule has 1 amide bonds. The van der Waals surface area contributed by atoms with Crippen LogP contribution >= 0.6 is 0 Å². The zero-order valence-electron chi connectivity index (χ0n) is 17.3. The molecule has 2 heterocycles. The fraction of sp³-hybridized carbons (Fsp3) is 0.500. The first kappa shape index (κ1) is 21.0. The molecule has 1 fully saturated rings. The van der Waals surface area contributed by atoms with Crippen LogP contribution in [-0.2, 0) is 4.74 Å². The minimum atomic E-state index is -0.605. The predicted molar refractivity (Wildman–Crippen MR) is 112 cm³/mol. The number of aliphatic hydroxyl groups excluding tert-OH is 1. The van der Waals surface area contributed by atoms with Gasteiger partial charge in [-0.25, -0.2) is 14.8 Å². The molecule has 1 aliphatic heterocycles. The van der Waals surface area contributed by atoms with Crippen molar-refractivity contribution in [3.8, 4) is 0 Å². The lowest BCUT2D eigenvalue weighted by Crippen LogP contribution is -2.41. The summed E-state index contributed by atoms with van der Waals surface area (Å²) in [6, 6.07) is 11.5. The van der Waals surface area contributed by atoms with Crippen molar-refractivity contribution < 1.29 is 14.6 Å². The van der Waals surface area contributed by atoms with Crippen molar-refractivity contribution >= 4 is 11.9 Å². The van der Waals surface area contributed by atoms with Gasteiger partial charge in [-0.05, 0) is 39.2 Å². The number of anilines is 1. The summed E-state index contributed by atoms with van der Waals surface area (Å²) in [4.78, 5) is 22.7. The van der Waals surface area contributed by atoms with E-state index in [0.29, 0.717) is 25.5 Å². The van der Waals surface area contributed by atoms with E-state index in [4.69, 9.17) is 4.74 Å². The quantitative estimate of drug-likeness (QED) is 0.798. The molecule has 1 aromatic heterocycles. The van der Waals surface area contributed by atoms with E-state index in [1.54, 1.807) is 11.2 Å². The number of hydrogen-bond donors (Lipinski definition) is 2. The summed E-state index contributed by atoms with van der Waals surface area (Å²) in [5.41, 5.74) is 1.34. The topological polar surface area (TPSA) is 87.6 Å². The van der Waals surface area contributed by atoms with Crippen molar-refractivity contribution in [2.75, 3.05) is 25.0 Å². The van der Waals surface area contributed by atoms with Gasteiger partial charge in [0, 0.05) is 37.3 Å². The lowest BCUT2D eigenvalue weighted by atomic mass is 9.93. The molecular weight excluding hydrogens is 368 g/mol. The van der Waals surface area contributed by atoms with Gasteiger partial charge < -0.3 is 20.1 Å². The molecule has 0 bridgehead atoms. The highest BCUT2D eigenvalue weighted by Gasteiger charge is 2.28. The fourth-order valence-corrected chi connectivity index (χ4v) is 3.37. The van der Waals surface area contributed by atoms with Crippen LogP contribution in [0.5, 0.6) is 0 Å².